The number of benzene rings is 2. The summed E-state index contributed by atoms with van der Waals surface area (Å²) < 4.78 is 0. The maximum absolute atomic E-state index is 13.1. The zero-order valence-corrected chi connectivity index (χ0v) is 18.1. The van der Waals surface area contributed by atoms with Crippen LogP contribution in [0.2, 0.25) is 5.02 Å². The lowest BCUT2D eigenvalue weighted by Crippen LogP contribution is -2.50. The molecule has 0 unspecified atom stereocenters. The number of halogens is 1. The second-order valence-corrected chi connectivity index (χ2v) is 7.86. The van der Waals surface area contributed by atoms with Crippen molar-refractivity contribution in [2.24, 2.45) is 0 Å². The molecule has 0 radical (unpaired) electrons. The molecular formula is C21H24ClN5O4. The van der Waals surface area contributed by atoms with E-state index in [4.69, 9.17) is 11.6 Å². The van der Waals surface area contributed by atoms with Crippen molar-refractivity contribution in [3.63, 3.8) is 0 Å². The van der Waals surface area contributed by atoms with Gasteiger partial charge in [0.25, 0.3) is 11.6 Å². The number of anilines is 2. The summed E-state index contributed by atoms with van der Waals surface area (Å²) >= 11 is 6.07. The molecule has 1 heterocycles. The molecule has 0 spiro atoms. The molecule has 0 saturated carbocycles. The first-order valence-electron chi connectivity index (χ1n) is 9.78. The highest BCUT2D eigenvalue weighted by atomic mass is 35.5. The lowest BCUT2D eigenvalue weighted by molar-refractivity contribution is -0.384. The first kappa shape index (κ1) is 22.5. The number of piperazine rings is 1. The third-order valence-corrected chi connectivity index (χ3v) is 5.41. The summed E-state index contributed by atoms with van der Waals surface area (Å²) in [4.78, 5) is 41.4. The van der Waals surface area contributed by atoms with Gasteiger partial charge in [-0.05, 0) is 18.2 Å². The Bertz CT molecular complexity index is 989. The summed E-state index contributed by atoms with van der Waals surface area (Å²) in [5, 5.41) is 14.4. The first-order valence-corrected chi connectivity index (χ1v) is 10.2. The van der Waals surface area contributed by atoms with Gasteiger partial charge < -0.3 is 15.1 Å². The minimum absolute atomic E-state index is 0.121. The van der Waals surface area contributed by atoms with Crippen LogP contribution in [-0.4, -0.2) is 73.4 Å². The maximum Gasteiger partial charge on any atom is 0.270 e. The van der Waals surface area contributed by atoms with Crippen LogP contribution in [0.3, 0.4) is 0 Å². The van der Waals surface area contributed by atoms with Gasteiger partial charge >= 0.3 is 0 Å². The van der Waals surface area contributed by atoms with Crippen LogP contribution >= 0.6 is 11.6 Å². The maximum atomic E-state index is 13.1. The van der Waals surface area contributed by atoms with E-state index in [0.29, 0.717) is 48.1 Å². The van der Waals surface area contributed by atoms with Gasteiger partial charge in [-0.1, -0.05) is 23.7 Å². The number of carbonyl (C=O) groups is 2. The average molecular weight is 446 g/mol. The van der Waals surface area contributed by atoms with Crippen molar-refractivity contribution in [1.82, 2.24) is 9.80 Å². The second-order valence-electron chi connectivity index (χ2n) is 7.45. The molecule has 1 saturated heterocycles. The fraction of sp³-hybridized carbons (Fsp3) is 0.333. The smallest absolute Gasteiger partial charge is 0.270 e. The number of amides is 2. The number of hydrogen-bond acceptors (Lipinski definition) is 6. The highest BCUT2D eigenvalue weighted by Gasteiger charge is 2.26. The quantitative estimate of drug-likeness (QED) is 0.542. The summed E-state index contributed by atoms with van der Waals surface area (Å²) in [5.41, 5.74) is 1.36. The van der Waals surface area contributed by atoms with Gasteiger partial charge in [0, 0.05) is 58.1 Å². The van der Waals surface area contributed by atoms with Gasteiger partial charge in [-0.15, -0.1) is 0 Å². The number of nitrogens with one attached hydrogen (secondary N) is 1. The lowest BCUT2D eigenvalue weighted by Gasteiger charge is -2.35. The van der Waals surface area contributed by atoms with Crippen LogP contribution < -0.4 is 10.2 Å². The van der Waals surface area contributed by atoms with Crippen molar-refractivity contribution in [1.29, 1.82) is 0 Å². The minimum Gasteiger partial charge on any atom is -0.377 e. The third-order valence-electron chi connectivity index (χ3n) is 5.08. The fourth-order valence-corrected chi connectivity index (χ4v) is 3.62. The molecule has 1 aliphatic heterocycles. The van der Waals surface area contributed by atoms with Crippen molar-refractivity contribution in [2.45, 2.75) is 0 Å². The molecule has 1 N–H and O–H groups in total. The SMILES string of the molecule is CN(C)c1ccc([N+](=O)[O-])cc1C(=O)N1CCN(CC(=O)Nc2ccccc2Cl)CC1. The van der Waals surface area contributed by atoms with Crippen molar-refractivity contribution >= 4 is 40.5 Å². The van der Waals surface area contributed by atoms with Gasteiger partial charge in [-0.25, -0.2) is 0 Å². The highest BCUT2D eigenvalue weighted by molar-refractivity contribution is 6.33. The lowest BCUT2D eigenvalue weighted by atomic mass is 10.1. The van der Waals surface area contributed by atoms with Crippen molar-refractivity contribution in [3.05, 3.63) is 63.2 Å². The van der Waals surface area contributed by atoms with Crippen LogP contribution in [0.5, 0.6) is 0 Å². The van der Waals surface area contributed by atoms with E-state index < -0.39 is 4.92 Å². The molecule has 2 amide bonds. The predicted molar refractivity (Wildman–Crippen MR) is 120 cm³/mol. The van der Waals surface area contributed by atoms with Crippen LogP contribution in [0.4, 0.5) is 17.1 Å². The number of rotatable bonds is 6. The molecule has 2 aromatic rings. The molecule has 31 heavy (non-hydrogen) atoms. The molecule has 1 aliphatic rings. The summed E-state index contributed by atoms with van der Waals surface area (Å²) in [6, 6.07) is 11.3. The number of carbonyl (C=O) groups excluding carboxylic acids is 2. The van der Waals surface area contributed by atoms with Gasteiger partial charge in [-0.3, -0.25) is 24.6 Å². The van der Waals surface area contributed by atoms with E-state index in [9.17, 15) is 19.7 Å². The molecule has 10 heteroatoms. The Kier molecular flexibility index (Phi) is 7.09. The van der Waals surface area contributed by atoms with Gasteiger partial charge in [0.05, 0.1) is 27.7 Å². The Labute approximate surface area is 185 Å². The van der Waals surface area contributed by atoms with Crippen LogP contribution in [0.1, 0.15) is 10.4 Å². The van der Waals surface area contributed by atoms with E-state index in [0.717, 1.165) is 0 Å². The van der Waals surface area contributed by atoms with E-state index in [-0.39, 0.29) is 24.0 Å². The molecule has 0 aliphatic carbocycles. The van der Waals surface area contributed by atoms with E-state index in [1.165, 1.54) is 12.1 Å². The van der Waals surface area contributed by atoms with Gasteiger partial charge in [0.1, 0.15) is 0 Å². The topological polar surface area (TPSA) is 99.0 Å². The number of non-ortho nitro benzene ring substituents is 1. The normalized spacial score (nSPS) is 14.2. The van der Waals surface area contributed by atoms with Crippen molar-refractivity contribution < 1.29 is 14.5 Å². The molecule has 1 fully saturated rings. The van der Waals surface area contributed by atoms with Crippen molar-refractivity contribution in [2.75, 3.05) is 57.0 Å². The Morgan fingerprint density at radius 2 is 1.81 bits per heavy atom. The molecule has 2 aromatic carbocycles. The number of nitro groups is 1. The Morgan fingerprint density at radius 3 is 2.42 bits per heavy atom. The molecule has 9 nitrogen and oxygen atoms in total. The highest BCUT2D eigenvalue weighted by Crippen LogP contribution is 2.26. The summed E-state index contributed by atoms with van der Waals surface area (Å²) in [6.07, 6.45) is 0. The summed E-state index contributed by atoms with van der Waals surface area (Å²) in [7, 11) is 3.57. The molecule has 3 rings (SSSR count). The fourth-order valence-electron chi connectivity index (χ4n) is 3.43. The predicted octanol–water partition coefficient (Wildman–Crippen LogP) is 2.71. The third kappa shape index (κ3) is 5.50. The van der Waals surface area contributed by atoms with Gasteiger partial charge in [0.2, 0.25) is 5.91 Å². The zero-order valence-electron chi connectivity index (χ0n) is 17.4. The molecule has 0 aromatic heterocycles. The van der Waals surface area contributed by atoms with E-state index in [1.54, 1.807) is 54.2 Å². The number of hydrogen-bond donors (Lipinski definition) is 1. The Hall–Kier alpha value is -3.17. The summed E-state index contributed by atoms with van der Waals surface area (Å²) in [6.45, 7) is 2.08. The molecule has 0 bridgehead atoms. The van der Waals surface area contributed by atoms with Gasteiger partial charge in [0.15, 0.2) is 0 Å². The van der Waals surface area contributed by atoms with Gasteiger partial charge in [-0.2, -0.15) is 0 Å². The average Bonchev–Trinajstić information content (AvgIpc) is 2.74. The number of nitrogens with zero attached hydrogens (tertiary/aromatic N) is 4. The van der Waals surface area contributed by atoms with Crippen LogP contribution in [0.25, 0.3) is 0 Å². The Balaban J connectivity index is 1.61. The molecule has 0 atom stereocenters. The van der Waals surface area contributed by atoms with E-state index in [1.807, 2.05) is 4.90 Å². The number of para-hydroxylation sites is 1. The minimum atomic E-state index is -0.508. The first-order chi connectivity index (χ1) is 14.8. The van der Waals surface area contributed by atoms with Crippen LogP contribution in [-0.2, 0) is 4.79 Å². The molecular weight excluding hydrogens is 422 g/mol. The van der Waals surface area contributed by atoms with Crippen LogP contribution in [0.15, 0.2) is 42.5 Å². The zero-order chi connectivity index (χ0) is 22.5. The summed E-state index contributed by atoms with van der Waals surface area (Å²) in [5.74, 6) is -0.436. The van der Waals surface area contributed by atoms with Crippen LogP contribution in [0, 0.1) is 10.1 Å². The Morgan fingerprint density at radius 1 is 1.13 bits per heavy atom. The number of nitro benzene ring substituents is 1. The van der Waals surface area contributed by atoms with Crippen molar-refractivity contribution in [3.8, 4) is 0 Å². The standard InChI is InChI=1S/C21H24ClN5O4/c1-24(2)19-8-7-15(27(30)31)13-16(19)21(29)26-11-9-25(10-12-26)14-20(28)23-18-6-4-3-5-17(18)22/h3-8,13H,9-12,14H2,1-2H3,(H,23,28). The monoisotopic (exact) mass is 445 g/mol. The van der Waals surface area contributed by atoms with E-state index >= 15 is 0 Å². The second kappa shape index (κ2) is 9.76. The molecule has 164 valence electrons. The largest absolute Gasteiger partial charge is 0.377 e. The van der Waals surface area contributed by atoms with E-state index in [2.05, 4.69) is 5.32 Å².